The number of hydrogen-bond donors (Lipinski definition) is 1. The lowest BCUT2D eigenvalue weighted by atomic mass is 10.1. The molecule has 1 aromatic carbocycles. The summed E-state index contributed by atoms with van der Waals surface area (Å²) < 4.78 is 6.73. The normalized spacial score (nSPS) is 32.7. The van der Waals surface area contributed by atoms with Gasteiger partial charge in [0.05, 0.1) is 26.3 Å². The summed E-state index contributed by atoms with van der Waals surface area (Å²) in [7, 11) is 0. The standard InChI is InChI=1S/C16H23Cl2N2O/c17-14-5-13(6-15(18)7-14)10-20(16-2-4-21-11-16)3-1-12(8-19)9-20/h5-7,12,16H,1-4,8-11,19H2/q+1/t12-,16+,20?/m1/s1. The highest BCUT2D eigenvalue weighted by molar-refractivity contribution is 6.34. The molecule has 21 heavy (non-hydrogen) atoms. The van der Waals surface area contributed by atoms with Crippen molar-refractivity contribution in [1.29, 1.82) is 0 Å². The lowest BCUT2D eigenvalue weighted by molar-refractivity contribution is -0.952. The zero-order valence-electron chi connectivity index (χ0n) is 12.2. The Balaban J connectivity index is 1.85. The summed E-state index contributed by atoms with van der Waals surface area (Å²) in [6, 6.07) is 6.46. The summed E-state index contributed by atoms with van der Waals surface area (Å²) in [5.74, 6) is 0.625. The third-order valence-corrected chi connectivity index (χ3v) is 5.47. The average molecular weight is 330 g/mol. The van der Waals surface area contributed by atoms with Gasteiger partial charge in [-0.3, -0.25) is 0 Å². The molecule has 0 bridgehead atoms. The monoisotopic (exact) mass is 329 g/mol. The first kappa shape index (κ1) is 15.6. The van der Waals surface area contributed by atoms with Crippen LogP contribution in [0.5, 0.6) is 0 Å². The Morgan fingerprint density at radius 1 is 1.19 bits per heavy atom. The predicted molar refractivity (Wildman–Crippen MR) is 86.5 cm³/mol. The molecular weight excluding hydrogens is 307 g/mol. The van der Waals surface area contributed by atoms with Crippen molar-refractivity contribution in [2.24, 2.45) is 11.7 Å². The van der Waals surface area contributed by atoms with Crippen LogP contribution in [0.15, 0.2) is 18.2 Å². The second-order valence-electron chi connectivity index (χ2n) is 6.47. The van der Waals surface area contributed by atoms with Crippen molar-refractivity contribution in [3.05, 3.63) is 33.8 Å². The van der Waals surface area contributed by atoms with Gasteiger partial charge in [0.15, 0.2) is 0 Å². The van der Waals surface area contributed by atoms with E-state index in [0.29, 0.717) is 22.0 Å². The summed E-state index contributed by atoms with van der Waals surface area (Å²) in [4.78, 5) is 0. The number of ether oxygens (including phenoxy) is 1. The van der Waals surface area contributed by atoms with Gasteiger partial charge < -0.3 is 15.0 Å². The first-order valence-corrected chi connectivity index (χ1v) is 8.45. The van der Waals surface area contributed by atoms with Crippen LogP contribution in [-0.2, 0) is 11.3 Å². The van der Waals surface area contributed by atoms with E-state index in [1.165, 1.54) is 18.5 Å². The highest BCUT2D eigenvalue weighted by Crippen LogP contribution is 2.34. The van der Waals surface area contributed by atoms with E-state index in [-0.39, 0.29) is 0 Å². The van der Waals surface area contributed by atoms with Crippen LogP contribution in [0, 0.1) is 5.92 Å². The molecule has 0 aromatic heterocycles. The molecule has 2 saturated heterocycles. The van der Waals surface area contributed by atoms with Crippen molar-refractivity contribution < 1.29 is 9.22 Å². The minimum atomic E-state index is 0.583. The Morgan fingerprint density at radius 3 is 2.52 bits per heavy atom. The zero-order valence-corrected chi connectivity index (χ0v) is 13.7. The maximum atomic E-state index is 6.16. The summed E-state index contributed by atoms with van der Waals surface area (Å²) >= 11 is 12.3. The van der Waals surface area contributed by atoms with E-state index in [1.54, 1.807) is 6.07 Å². The molecule has 0 amide bonds. The third kappa shape index (κ3) is 3.38. The first-order chi connectivity index (χ1) is 10.1. The van der Waals surface area contributed by atoms with Crippen molar-refractivity contribution >= 4 is 23.2 Å². The molecule has 0 radical (unpaired) electrons. The average Bonchev–Trinajstić information content (AvgIpc) is 3.06. The van der Waals surface area contributed by atoms with Crippen LogP contribution in [0.1, 0.15) is 18.4 Å². The van der Waals surface area contributed by atoms with Gasteiger partial charge >= 0.3 is 0 Å². The number of hydrogen-bond acceptors (Lipinski definition) is 2. The molecule has 0 aliphatic carbocycles. The number of benzene rings is 1. The van der Waals surface area contributed by atoms with E-state index in [4.69, 9.17) is 33.7 Å². The Bertz CT molecular complexity index is 485. The van der Waals surface area contributed by atoms with Crippen LogP contribution in [-0.4, -0.2) is 43.4 Å². The minimum Gasteiger partial charge on any atom is -0.375 e. The highest BCUT2D eigenvalue weighted by atomic mass is 35.5. The Labute approximate surface area is 136 Å². The molecule has 2 aliphatic rings. The van der Waals surface area contributed by atoms with Crippen molar-refractivity contribution in [1.82, 2.24) is 0 Å². The molecule has 3 rings (SSSR count). The Morgan fingerprint density at radius 2 is 1.95 bits per heavy atom. The SMILES string of the molecule is NC[C@H]1CC[N+](Cc2cc(Cl)cc(Cl)c2)([C@H]2CCOC2)C1. The lowest BCUT2D eigenvalue weighted by Gasteiger charge is -2.40. The Kier molecular flexibility index (Phi) is 4.77. The highest BCUT2D eigenvalue weighted by Gasteiger charge is 2.45. The first-order valence-electron chi connectivity index (χ1n) is 7.70. The fourth-order valence-corrected chi connectivity index (χ4v) is 4.52. The predicted octanol–water partition coefficient (Wildman–Crippen LogP) is 3.08. The molecule has 0 saturated carbocycles. The quantitative estimate of drug-likeness (QED) is 0.861. The van der Waals surface area contributed by atoms with Crippen molar-refractivity contribution in [3.63, 3.8) is 0 Å². The van der Waals surface area contributed by atoms with Crippen molar-refractivity contribution in [3.8, 4) is 0 Å². The maximum Gasteiger partial charge on any atom is 0.115 e. The molecule has 2 N–H and O–H groups in total. The van der Waals surface area contributed by atoms with E-state index in [0.717, 1.165) is 43.8 Å². The van der Waals surface area contributed by atoms with Gasteiger partial charge in [0.1, 0.15) is 12.6 Å². The number of rotatable bonds is 4. The van der Waals surface area contributed by atoms with Gasteiger partial charge in [-0.25, -0.2) is 0 Å². The van der Waals surface area contributed by atoms with E-state index in [1.807, 2.05) is 12.1 Å². The smallest absolute Gasteiger partial charge is 0.115 e. The van der Waals surface area contributed by atoms with E-state index < -0.39 is 0 Å². The molecule has 0 spiro atoms. The summed E-state index contributed by atoms with van der Waals surface area (Å²) in [5, 5.41) is 1.43. The number of nitrogens with two attached hydrogens (primary N) is 1. The molecular formula is C16H23Cl2N2O+. The fourth-order valence-electron chi connectivity index (χ4n) is 3.95. The van der Waals surface area contributed by atoms with Gasteiger partial charge in [-0.2, -0.15) is 0 Å². The van der Waals surface area contributed by atoms with E-state index in [9.17, 15) is 0 Å². The maximum absolute atomic E-state index is 6.16. The van der Waals surface area contributed by atoms with Gasteiger partial charge in [-0.15, -0.1) is 0 Å². The van der Waals surface area contributed by atoms with Gasteiger partial charge in [0, 0.05) is 40.9 Å². The molecule has 1 aromatic rings. The third-order valence-electron chi connectivity index (χ3n) is 5.04. The summed E-state index contributed by atoms with van der Waals surface area (Å²) in [6.07, 6.45) is 2.35. The van der Waals surface area contributed by atoms with Crippen molar-refractivity contribution in [2.75, 3.05) is 32.8 Å². The van der Waals surface area contributed by atoms with E-state index >= 15 is 0 Å². The van der Waals surface area contributed by atoms with Gasteiger partial charge in [0.2, 0.25) is 0 Å². The second kappa shape index (κ2) is 6.43. The van der Waals surface area contributed by atoms with E-state index in [2.05, 4.69) is 0 Å². The number of quaternary nitrogens is 1. The number of nitrogens with zero attached hydrogens (tertiary/aromatic N) is 1. The lowest BCUT2D eigenvalue weighted by Crippen LogP contribution is -2.53. The molecule has 2 fully saturated rings. The summed E-state index contributed by atoms with van der Waals surface area (Å²) in [5.41, 5.74) is 7.13. The molecule has 1 unspecified atom stereocenters. The fraction of sp³-hybridized carbons (Fsp3) is 0.625. The molecule has 5 heteroatoms. The van der Waals surface area contributed by atoms with Crippen LogP contribution in [0.25, 0.3) is 0 Å². The van der Waals surface area contributed by atoms with Crippen LogP contribution in [0.4, 0.5) is 0 Å². The molecule has 116 valence electrons. The molecule has 2 aliphatic heterocycles. The Hall–Kier alpha value is -0.320. The molecule has 3 nitrogen and oxygen atoms in total. The largest absolute Gasteiger partial charge is 0.375 e. The molecule has 2 heterocycles. The minimum absolute atomic E-state index is 0.583. The van der Waals surface area contributed by atoms with Gasteiger partial charge in [-0.1, -0.05) is 23.2 Å². The van der Waals surface area contributed by atoms with Crippen molar-refractivity contribution in [2.45, 2.75) is 25.4 Å². The van der Waals surface area contributed by atoms with Crippen LogP contribution >= 0.6 is 23.2 Å². The van der Waals surface area contributed by atoms with Crippen LogP contribution in [0.3, 0.4) is 0 Å². The van der Waals surface area contributed by atoms with Gasteiger partial charge in [0.25, 0.3) is 0 Å². The zero-order chi connectivity index (χ0) is 14.9. The number of halogens is 2. The van der Waals surface area contributed by atoms with Crippen LogP contribution in [0.2, 0.25) is 10.0 Å². The number of likely N-dealkylation sites (tertiary alicyclic amines) is 1. The van der Waals surface area contributed by atoms with Crippen LogP contribution < -0.4 is 5.73 Å². The topological polar surface area (TPSA) is 35.2 Å². The summed E-state index contributed by atoms with van der Waals surface area (Å²) in [6.45, 7) is 5.84. The molecule has 3 atom stereocenters. The second-order valence-corrected chi connectivity index (χ2v) is 7.34. The van der Waals surface area contributed by atoms with Gasteiger partial charge in [-0.05, 0) is 18.2 Å².